The number of fused-ring (bicyclic) bond motifs is 1. The van der Waals surface area contributed by atoms with Crippen LogP contribution in [0, 0.1) is 0 Å². The van der Waals surface area contributed by atoms with Gasteiger partial charge in [0.2, 0.25) is 0 Å². The Kier molecular flexibility index (Phi) is 6.47. The predicted molar refractivity (Wildman–Crippen MR) is 84.7 cm³/mol. The average molecular weight is 289 g/mol. The van der Waals surface area contributed by atoms with E-state index in [1.165, 1.54) is 16.3 Å². The van der Waals surface area contributed by atoms with Crippen LogP contribution in [0.2, 0.25) is 0 Å². The normalized spacial score (nSPS) is 11.0. The summed E-state index contributed by atoms with van der Waals surface area (Å²) in [5.41, 5.74) is 1.27. The highest BCUT2D eigenvalue weighted by atomic mass is 16.5. The largest absolute Gasteiger partial charge is 0.497 e. The standard InChI is InChI=1S/C17H23NO3/c1-20-17-6-5-15-11-14(3-4-16(15)12-17)13-18-7-2-9-21-10-8-19/h3-6,11-12,18-19H,2,7-10,13H2,1H3. The van der Waals surface area contributed by atoms with E-state index in [1.807, 2.05) is 12.1 Å². The van der Waals surface area contributed by atoms with E-state index in [0.717, 1.165) is 25.3 Å². The van der Waals surface area contributed by atoms with E-state index in [2.05, 4.69) is 29.6 Å². The van der Waals surface area contributed by atoms with Crippen LogP contribution < -0.4 is 10.1 Å². The number of benzene rings is 2. The van der Waals surface area contributed by atoms with Crippen LogP contribution in [-0.2, 0) is 11.3 Å². The number of hydrogen-bond acceptors (Lipinski definition) is 4. The van der Waals surface area contributed by atoms with Gasteiger partial charge in [-0.3, -0.25) is 0 Å². The monoisotopic (exact) mass is 289 g/mol. The highest BCUT2D eigenvalue weighted by Crippen LogP contribution is 2.21. The fourth-order valence-corrected chi connectivity index (χ4v) is 2.21. The second kappa shape index (κ2) is 8.62. The van der Waals surface area contributed by atoms with Gasteiger partial charge in [-0.2, -0.15) is 0 Å². The Hall–Kier alpha value is -1.62. The van der Waals surface area contributed by atoms with Crippen molar-refractivity contribution >= 4 is 10.8 Å². The van der Waals surface area contributed by atoms with E-state index in [9.17, 15) is 0 Å². The molecule has 0 heterocycles. The Bertz CT molecular complexity index is 557. The maximum Gasteiger partial charge on any atom is 0.119 e. The minimum Gasteiger partial charge on any atom is -0.497 e. The summed E-state index contributed by atoms with van der Waals surface area (Å²) < 4.78 is 10.4. The Morgan fingerprint density at radius 2 is 1.86 bits per heavy atom. The Balaban J connectivity index is 1.80. The summed E-state index contributed by atoms with van der Waals surface area (Å²) >= 11 is 0. The smallest absolute Gasteiger partial charge is 0.119 e. The molecule has 0 saturated carbocycles. The summed E-state index contributed by atoms with van der Waals surface area (Å²) in [7, 11) is 1.68. The van der Waals surface area contributed by atoms with Crippen molar-refractivity contribution in [3.05, 3.63) is 42.0 Å². The summed E-state index contributed by atoms with van der Waals surface area (Å²) in [5.74, 6) is 0.885. The molecule has 114 valence electrons. The molecule has 0 saturated heterocycles. The summed E-state index contributed by atoms with van der Waals surface area (Å²) in [5, 5.41) is 14.4. The first-order valence-corrected chi connectivity index (χ1v) is 7.29. The van der Waals surface area contributed by atoms with Gasteiger partial charge in [-0.1, -0.05) is 18.2 Å². The SMILES string of the molecule is COc1ccc2cc(CNCCCOCCO)ccc2c1. The van der Waals surface area contributed by atoms with Crippen molar-refractivity contribution in [2.75, 3.05) is 33.5 Å². The first kappa shape index (κ1) is 15.8. The first-order chi connectivity index (χ1) is 10.3. The summed E-state index contributed by atoms with van der Waals surface area (Å²) in [6.45, 7) is 2.96. The Labute approximate surface area is 125 Å². The molecule has 4 nitrogen and oxygen atoms in total. The van der Waals surface area contributed by atoms with Crippen LogP contribution in [0.3, 0.4) is 0 Å². The topological polar surface area (TPSA) is 50.7 Å². The lowest BCUT2D eigenvalue weighted by Crippen LogP contribution is -2.16. The van der Waals surface area contributed by atoms with E-state index >= 15 is 0 Å². The van der Waals surface area contributed by atoms with Crippen molar-refractivity contribution in [3.63, 3.8) is 0 Å². The fraction of sp³-hybridized carbons (Fsp3) is 0.412. The van der Waals surface area contributed by atoms with Crippen molar-refractivity contribution in [1.29, 1.82) is 0 Å². The van der Waals surface area contributed by atoms with Crippen LogP contribution in [0.4, 0.5) is 0 Å². The van der Waals surface area contributed by atoms with Crippen molar-refractivity contribution in [3.8, 4) is 5.75 Å². The number of ether oxygens (including phenoxy) is 2. The number of aliphatic hydroxyl groups is 1. The Morgan fingerprint density at radius 3 is 2.67 bits per heavy atom. The van der Waals surface area contributed by atoms with Gasteiger partial charge in [0.05, 0.1) is 20.3 Å². The third-order valence-electron chi connectivity index (χ3n) is 3.32. The molecule has 0 aromatic heterocycles. The lowest BCUT2D eigenvalue weighted by molar-refractivity contribution is 0.0907. The van der Waals surface area contributed by atoms with Crippen molar-refractivity contribution in [2.24, 2.45) is 0 Å². The van der Waals surface area contributed by atoms with E-state index in [4.69, 9.17) is 14.6 Å². The lowest BCUT2D eigenvalue weighted by atomic mass is 10.1. The van der Waals surface area contributed by atoms with Gasteiger partial charge in [0.25, 0.3) is 0 Å². The second-order valence-electron chi connectivity index (χ2n) is 4.91. The maximum absolute atomic E-state index is 8.59. The van der Waals surface area contributed by atoms with E-state index in [-0.39, 0.29) is 6.61 Å². The van der Waals surface area contributed by atoms with Gasteiger partial charge >= 0.3 is 0 Å². The maximum atomic E-state index is 8.59. The van der Waals surface area contributed by atoms with Gasteiger partial charge in [0.1, 0.15) is 5.75 Å². The van der Waals surface area contributed by atoms with Crippen molar-refractivity contribution in [1.82, 2.24) is 5.32 Å². The van der Waals surface area contributed by atoms with Gasteiger partial charge in [-0.25, -0.2) is 0 Å². The third-order valence-corrected chi connectivity index (χ3v) is 3.32. The highest BCUT2D eigenvalue weighted by Gasteiger charge is 1.99. The molecule has 0 amide bonds. The van der Waals surface area contributed by atoms with Crippen LogP contribution in [0.1, 0.15) is 12.0 Å². The number of aliphatic hydroxyl groups excluding tert-OH is 1. The predicted octanol–water partition coefficient (Wildman–Crippen LogP) is 2.34. The zero-order valence-corrected chi connectivity index (χ0v) is 12.5. The van der Waals surface area contributed by atoms with Gasteiger partial charge in [0, 0.05) is 13.2 Å². The number of methoxy groups -OCH3 is 1. The molecule has 0 aliphatic heterocycles. The fourth-order valence-electron chi connectivity index (χ4n) is 2.21. The van der Waals surface area contributed by atoms with Crippen LogP contribution in [0.25, 0.3) is 10.8 Å². The summed E-state index contributed by atoms with van der Waals surface area (Å²) in [6.07, 6.45) is 0.949. The molecule has 2 N–H and O–H groups in total. The molecule has 2 aromatic carbocycles. The molecule has 0 unspecified atom stereocenters. The third kappa shape index (κ3) is 5.01. The zero-order chi connectivity index (χ0) is 14.9. The van der Waals surface area contributed by atoms with Gasteiger partial charge in [-0.15, -0.1) is 0 Å². The quantitative estimate of drug-likeness (QED) is 0.696. The number of hydrogen-bond donors (Lipinski definition) is 2. The van der Waals surface area contributed by atoms with Crippen molar-refractivity contribution in [2.45, 2.75) is 13.0 Å². The van der Waals surface area contributed by atoms with Crippen LogP contribution in [0.15, 0.2) is 36.4 Å². The van der Waals surface area contributed by atoms with Crippen LogP contribution in [0.5, 0.6) is 5.75 Å². The zero-order valence-electron chi connectivity index (χ0n) is 12.5. The summed E-state index contributed by atoms with van der Waals surface area (Å²) in [4.78, 5) is 0. The van der Waals surface area contributed by atoms with Gasteiger partial charge < -0.3 is 19.9 Å². The lowest BCUT2D eigenvalue weighted by Gasteiger charge is -2.07. The molecule has 21 heavy (non-hydrogen) atoms. The number of rotatable bonds is 9. The summed E-state index contributed by atoms with van der Waals surface area (Å²) in [6, 6.07) is 12.6. The molecular weight excluding hydrogens is 266 g/mol. The first-order valence-electron chi connectivity index (χ1n) is 7.29. The molecule has 0 atom stereocenters. The Morgan fingerprint density at radius 1 is 1.05 bits per heavy atom. The molecule has 0 aliphatic carbocycles. The number of nitrogens with one attached hydrogen (secondary N) is 1. The average Bonchev–Trinajstić information content (AvgIpc) is 2.53. The van der Waals surface area contributed by atoms with Gasteiger partial charge in [0.15, 0.2) is 0 Å². The minimum atomic E-state index is 0.0926. The van der Waals surface area contributed by atoms with E-state index in [0.29, 0.717) is 13.2 Å². The molecule has 0 bridgehead atoms. The molecule has 0 spiro atoms. The molecule has 4 heteroatoms. The van der Waals surface area contributed by atoms with E-state index < -0.39 is 0 Å². The minimum absolute atomic E-state index is 0.0926. The highest BCUT2D eigenvalue weighted by molar-refractivity contribution is 5.84. The van der Waals surface area contributed by atoms with Crippen LogP contribution in [-0.4, -0.2) is 38.6 Å². The second-order valence-corrected chi connectivity index (χ2v) is 4.91. The van der Waals surface area contributed by atoms with Crippen LogP contribution >= 0.6 is 0 Å². The molecule has 2 rings (SSSR count). The molecule has 2 aromatic rings. The van der Waals surface area contributed by atoms with Crippen molar-refractivity contribution < 1.29 is 14.6 Å². The van der Waals surface area contributed by atoms with E-state index in [1.54, 1.807) is 7.11 Å². The molecular formula is C17H23NO3. The van der Waals surface area contributed by atoms with Gasteiger partial charge in [-0.05, 0) is 47.5 Å². The molecule has 0 fully saturated rings. The molecule has 0 aliphatic rings. The molecule has 0 radical (unpaired) electrons.